The largest absolute Gasteiger partial charge is 0.494 e. The first-order valence-electron chi connectivity index (χ1n) is 11.6. The lowest BCUT2D eigenvalue weighted by Gasteiger charge is -2.08. The first kappa shape index (κ1) is 25.5. The Hall–Kier alpha value is -3.12. The van der Waals surface area contributed by atoms with E-state index in [1.165, 1.54) is 32.1 Å². The normalized spacial score (nSPS) is 10.5. The lowest BCUT2D eigenvalue weighted by molar-refractivity contribution is 0.0719. The molecule has 0 bridgehead atoms. The van der Waals surface area contributed by atoms with Crippen molar-refractivity contribution in [3.63, 3.8) is 0 Å². The van der Waals surface area contributed by atoms with Gasteiger partial charge < -0.3 is 14.2 Å². The Balaban J connectivity index is 1.44. The predicted molar refractivity (Wildman–Crippen MR) is 136 cm³/mol. The van der Waals surface area contributed by atoms with Crippen LogP contribution in [0.25, 0.3) is 0 Å². The quantitative estimate of drug-likeness (QED) is 0.138. The fourth-order valence-corrected chi connectivity index (χ4v) is 3.52. The van der Waals surface area contributed by atoms with Gasteiger partial charge in [0, 0.05) is 4.47 Å². The second kappa shape index (κ2) is 13.6. The number of esters is 2. The lowest BCUT2D eigenvalue weighted by Crippen LogP contribution is -2.09. The molecule has 0 radical (unpaired) electrons. The zero-order valence-electron chi connectivity index (χ0n) is 19.3. The molecule has 0 aromatic heterocycles. The van der Waals surface area contributed by atoms with E-state index in [-0.39, 0.29) is 0 Å². The van der Waals surface area contributed by atoms with Crippen LogP contribution < -0.4 is 14.2 Å². The van der Waals surface area contributed by atoms with Crippen molar-refractivity contribution < 1.29 is 23.8 Å². The van der Waals surface area contributed by atoms with Gasteiger partial charge in [-0.05, 0) is 79.2 Å². The molecule has 0 amide bonds. The minimum atomic E-state index is -0.470. The van der Waals surface area contributed by atoms with Crippen LogP contribution in [0, 0.1) is 0 Å². The summed E-state index contributed by atoms with van der Waals surface area (Å²) in [6, 6.07) is 20.1. The van der Waals surface area contributed by atoms with E-state index in [4.69, 9.17) is 14.2 Å². The summed E-state index contributed by atoms with van der Waals surface area (Å²) in [5.74, 6) is 0.525. The van der Waals surface area contributed by atoms with Crippen molar-refractivity contribution in [2.45, 2.75) is 45.4 Å². The minimum Gasteiger partial charge on any atom is -0.494 e. The average Bonchev–Trinajstić information content (AvgIpc) is 2.85. The van der Waals surface area contributed by atoms with E-state index in [1.807, 2.05) is 0 Å². The van der Waals surface area contributed by atoms with E-state index in [2.05, 4.69) is 22.9 Å². The summed E-state index contributed by atoms with van der Waals surface area (Å²) in [5.41, 5.74) is 0.871. The van der Waals surface area contributed by atoms with Crippen LogP contribution in [0.3, 0.4) is 0 Å². The molecule has 3 aromatic rings. The van der Waals surface area contributed by atoms with Gasteiger partial charge in [-0.15, -0.1) is 0 Å². The molecule has 178 valence electrons. The highest BCUT2D eigenvalue weighted by atomic mass is 79.9. The van der Waals surface area contributed by atoms with Crippen molar-refractivity contribution in [1.29, 1.82) is 0 Å². The number of carbonyl (C=O) groups excluding carboxylic acids is 2. The number of rotatable bonds is 12. The van der Waals surface area contributed by atoms with Gasteiger partial charge in [-0.25, -0.2) is 9.59 Å². The molecule has 6 heteroatoms. The van der Waals surface area contributed by atoms with Gasteiger partial charge in [0.25, 0.3) is 0 Å². The Bertz CT molecular complexity index is 1040. The van der Waals surface area contributed by atoms with Gasteiger partial charge in [0.15, 0.2) is 0 Å². The Labute approximate surface area is 209 Å². The van der Waals surface area contributed by atoms with Crippen molar-refractivity contribution in [1.82, 2.24) is 0 Å². The van der Waals surface area contributed by atoms with Crippen LogP contribution >= 0.6 is 15.9 Å². The number of ether oxygens (including phenoxy) is 3. The fourth-order valence-electron chi connectivity index (χ4n) is 3.25. The van der Waals surface area contributed by atoms with Crippen molar-refractivity contribution in [3.8, 4) is 17.2 Å². The van der Waals surface area contributed by atoms with Crippen LogP contribution in [0.1, 0.15) is 66.2 Å². The molecule has 0 saturated carbocycles. The molecule has 0 aliphatic rings. The molecule has 0 atom stereocenters. The highest BCUT2D eigenvalue weighted by Crippen LogP contribution is 2.21. The molecule has 34 heavy (non-hydrogen) atoms. The van der Waals surface area contributed by atoms with Crippen molar-refractivity contribution in [2.24, 2.45) is 0 Å². The van der Waals surface area contributed by atoms with E-state index in [1.54, 1.807) is 72.8 Å². The molecule has 5 nitrogen and oxygen atoms in total. The van der Waals surface area contributed by atoms with E-state index in [0.29, 0.717) is 29.2 Å². The van der Waals surface area contributed by atoms with Gasteiger partial charge in [-0.1, -0.05) is 55.0 Å². The van der Waals surface area contributed by atoms with Gasteiger partial charge in [-0.3, -0.25) is 0 Å². The molecular formula is C28H29BrO5. The summed E-state index contributed by atoms with van der Waals surface area (Å²) < 4.78 is 17.4. The SMILES string of the molecule is CCCCCCCCOc1ccc(C(=O)Oc2ccc(OC(=O)c3ccc(Br)cc3)cc2)cc1. The number of benzene rings is 3. The van der Waals surface area contributed by atoms with Gasteiger partial charge in [-0.2, -0.15) is 0 Å². The average molecular weight is 525 g/mol. The molecule has 0 N–H and O–H groups in total. The summed E-state index contributed by atoms with van der Waals surface area (Å²) in [5, 5.41) is 0. The molecule has 3 rings (SSSR count). The fraction of sp³-hybridized carbons (Fsp3) is 0.286. The maximum atomic E-state index is 12.4. The third kappa shape index (κ3) is 8.34. The molecule has 0 heterocycles. The van der Waals surface area contributed by atoms with Crippen LogP contribution in [0.15, 0.2) is 77.3 Å². The third-order valence-electron chi connectivity index (χ3n) is 5.18. The van der Waals surface area contributed by atoms with E-state index >= 15 is 0 Å². The van der Waals surface area contributed by atoms with Crippen molar-refractivity contribution >= 4 is 27.9 Å². The summed E-state index contributed by atoms with van der Waals surface area (Å²) in [4.78, 5) is 24.6. The van der Waals surface area contributed by atoms with Crippen LogP contribution in [-0.2, 0) is 0 Å². The van der Waals surface area contributed by atoms with Gasteiger partial charge in [0.2, 0.25) is 0 Å². The first-order valence-corrected chi connectivity index (χ1v) is 12.4. The lowest BCUT2D eigenvalue weighted by atomic mass is 10.1. The second-order valence-corrected chi connectivity index (χ2v) is 8.81. The number of hydrogen-bond donors (Lipinski definition) is 0. The summed E-state index contributed by atoms with van der Waals surface area (Å²) in [7, 11) is 0. The zero-order chi connectivity index (χ0) is 24.2. The van der Waals surface area contributed by atoms with E-state index in [9.17, 15) is 9.59 Å². The molecule has 0 aliphatic carbocycles. The van der Waals surface area contributed by atoms with Crippen LogP contribution in [0.4, 0.5) is 0 Å². The molecule has 3 aromatic carbocycles. The highest BCUT2D eigenvalue weighted by Gasteiger charge is 2.11. The standard InChI is InChI=1S/C28H29BrO5/c1-2-3-4-5-6-7-20-32-24-14-10-22(11-15-24)28(31)34-26-18-16-25(17-19-26)33-27(30)21-8-12-23(29)13-9-21/h8-19H,2-7,20H2,1H3. The Morgan fingerprint density at radius 3 is 1.59 bits per heavy atom. The second-order valence-electron chi connectivity index (χ2n) is 7.90. The Morgan fingerprint density at radius 1 is 0.618 bits per heavy atom. The highest BCUT2D eigenvalue weighted by molar-refractivity contribution is 9.10. The number of unbranched alkanes of at least 4 members (excludes halogenated alkanes) is 5. The number of carbonyl (C=O) groups is 2. The number of hydrogen-bond acceptors (Lipinski definition) is 5. The third-order valence-corrected chi connectivity index (χ3v) is 5.71. The van der Waals surface area contributed by atoms with Crippen LogP contribution in [-0.4, -0.2) is 18.5 Å². The number of halogens is 1. The van der Waals surface area contributed by atoms with Crippen molar-refractivity contribution in [3.05, 3.63) is 88.4 Å². The van der Waals surface area contributed by atoms with Crippen LogP contribution in [0.5, 0.6) is 17.2 Å². The molecular weight excluding hydrogens is 496 g/mol. The minimum absolute atomic E-state index is 0.358. The van der Waals surface area contributed by atoms with E-state index in [0.717, 1.165) is 16.6 Å². The maximum Gasteiger partial charge on any atom is 0.343 e. The molecule has 0 spiro atoms. The topological polar surface area (TPSA) is 61.8 Å². The molecule has 0 fully saturated rings. The molecule has 0 aliphatic heterocycles. The summed E-state index contributed by atoms with van der Waals surface area (Å²) >= 11 is 3.33. The Kier molecular flexibility index (Phi) is 10.2. The predicted octanol–water partition coefficient (Wildman–Crippen LogP) is 7.63. The van der Waals surface area contributed by atoms with Crippen molar-refractivity contribution in [2.75, 3.05) is 6.61 Å². The Morgan fingerprint density at radius 2 is 1.06 bits per heavy atom. The summed E-state index contributed by atoms with van der Waals surface area (Å²) in [6.45, 7) is 2.89. The summed E-state index contributed by atoms with van der Waals surface area (Å²) in [6.07, 6.45) is 7.28. The zero-order valence-corrected chi connectivity index (χ0v) is 20.9. The van der Waals surface area contributed by atoms with Gasteiger partial charge in [0.05, 0.1) is 17.7 Å². The maximum absolute atomic E-state index is 12.4. The first-order chi connectivity index (χ1) is 16.5. The monoisotopic (exact) mass is 524 g/mol. The molecule has 0 saturated heterocycles. The van der Waals surface area contributed by atoms with E-state index < -0.39 is 11.9 Å². The molecule has 0 unspecified atom stereocenters. The van der Waals surface area contributed by atoms with Gasteiger partial charge >= 0.3 is 11.9 Å². The van der Waals surface area contributed by atoms with Crippen LogP contribution in [0.2, 0.25) is 0 Å². The van der Waals surface area contributed by atoms with Gasteiger partial charge in [0.1, 0.15) is 17.2 Å². The smallest absolute Gasteiger partial charge is 0.343 e.